The predicted molar refractivity (Wildman–Crippen MR) is 160 cm³/mol. The van der Waals surface area contributed by atoms with Gasteiger partial charge in [-0.15, -0.1) is 0 Å². The molecule has 212 valence electrons. The Morgan fingerprint density at radius 2 is 1.90 bits per heavy atom. The molecule has 0 unspecified atom stereocenters. The van der Waals surface area contributed by atoms with Crippen LogP contribution in [0.5, 0.6) is 0 Å². The smallest absolute Gasteiger partial charge is 0.328 e. The molecule has 4 aromatic rings. The van der Waals surface area contributed by atoms with E-state index in [2.05, 4.69) is 15.6 Å². The van der Waals surface area contributed by atoms with Crippen molar-refractivity contribution in [3.8, 4) is 11.1 Å². The largest absolute Gasteiger partial charge is 0.467 e. The standard InChI is InChI=1S/C30H31N5O5S/c1-40-30(37)28(13-14-41-2)33-29(36)26-12-11-23(16-27(26)22-8-4-3-5-9-22)32-18-25-17-31-20-34(25)19-21-7-6-10-24(15-21)35(38)39/h3-12,15-17,20,28,32H,13-14,18-19H2,1-2H3,(H,33,36)/t28-/m0/s1. The number of amides is 1. The molecule has 0 spiro atoms. The molecule has 1 heterocycles. The van der Waals surface area contributed by atoms with E-state index < -0.39 is 16.9 Å². The summed E-state index contributed by atoms with van der Waals surface area (Å²) in [5, 5.41) is 17.4. The number of carbonyl (C=O) groups excluding carboxylic acids is 2. The van der Waals surface area contributed by atoms with E-state index in [9.17, 15) is 19.7 Å². The molecule has 10 nitrogen and oxygen atoms in total. The summed E-state index contributed by atoms with van der Waals surface area (Å²) >= 11 is 1.59. The molecule has 1 amide bonds. The number of ether oxygens (including phenoxy) is 1. The molecule has 3 aromatic carbocycles. The number of non-ortho nitro benzene ring substituents is 1. The Bertz CT molecular complexity index is 1510. The van der Waals surface area contributed by atoms with Crippen molar-refractivity contribution >= 4 is 35.0 Å². The van der Waals surface area contributed by atoms with Gasteiger partial charge in [0.15, 0.2) is 0 Å². The van der Waals surface area contributed by atoms with Crippen LogP contribution in [0.4, 0.5) is 11.4 Å². The molecule has 0 fully saturated rings. The normalized spacial score (nSPS) is 11.5. The summed E-state index contributed by atoms with van der Waals surface area (Å²) in [5.74, 6) is -0.137. The number of methoxy groups -OCH3 is 1. The zero-order valence-corrected chi connectivity index (χ0v) is 23.6. The highest BCUT2D eigenvalue weighted by Crippen LogP contribution is 2.28. The monoisotopic (exact) mass is 573 g/mol. The number of anilines is 1. The minimum Gasteiger partial charge on any atom is -0.467 e. The first kappa shape index (κ1) is 29.3. The van der Waals surface area contributed by atoms with Gasteiger partial charge >= 0.3 is 5.97 Å². The van der Waals surface area contributed by atoms with E-state index in [0.29, 0.717) is 36.4 Å². The van der Waals surface area contributed by atoms with Gasteiger partial charge in [0, 0.05) is 36.1 Å². The number of benzene rings is 3. The first-order chi connectivity index (χ1) is 19.9. The SMILES string of the molecule is COC(=O)[C@H](CCSC)NC(=O)c1ccc(NCc2cncn2Cc2cccc([N+](=O)[O-])c2)cc1-c1ccccc1. The Balaban J connectivity index is 1.54. The van der Waals surface area contributed by atoms with E-state index in [1.165, 1.54) is 13.2 Å². The summed E-state index contributed by atoms with van der Waals surface area (Å²) < 4.78 is 6.83. The van der Waals surface area contributed by atoms with E-state index in [1.807, 2.05) is 59.4 Å². The predicted octanol–water partition coefficient (Wildman–Crippen LogP) is 5.14. The molecule has 1 atom stereocenters. The number of hydrogen-bond donors (Lipinski definition) is 2. The molecule has 0 saturated heterocycles. The van der Waals surface area contributed by atoms with Crippen LogP contribution >= 0.6 is 11.8 Å². The van der Waals surface area contributed by atoms with Crippen molar-refractivity contribution in [2.24, 2.45) is 0 Å². The molecule has 4 rings (SSSR count). The molecule has 2 N–H and O–H groups in total. The molecule has 0 aliphatic rings. The first-order valence-corrected chi connectivity index (χ1v) is 14.3. The lowest BCUT2D eigenvalue weighted by molar-refractivity contribution is -0.384. The lowest BCUT2D eigenvalue weighted by atomic mass is 9.98. The van der Waals surface area contributed by atoms with Gasteiger partial charge in [-0.25, -0.2) is 9.78 Å². The van der Waals surface area contributed by atoms with Crippen LogP contribution in [0.2, 0.25) is 0 Å². The number of carbonyl (C=O) groups is 2. The number of thioether (sulfide) groups is 1. The zero-order chi connectivity index (χ0) is 29.2. The Labute approximate surface area is 242 Å². The van der Waals surface area contributed by atoms with Gasteiger partial charge in [0.25, 0.3) is 11.6 Å². The zero-order valence-electron chi connectivity index (χ0n) is 22.8. The second-order valence-corrected chi connectivity index (χ2v) is 10.2. The number of nitro groups is 1. The fourth-order valence-corrected chi connectivity index (χ4v) is 4.84. The molecule has 0 saturated carbocycles. The third-order valence-electron chi connectivity index (χ3n) is 6.50. The summed E-state index contributed by atoms with van der Waals surface area (Å²) in [6.07, 6.45) is 5.83. The summed E-state index contributed by atoms with van der Waals surface area (Å²) in [6, 6.07) is 20.8. The van der Waals surface area contributed by atoms with E-state index in [4.69, 9.17) is 4.74 Å². The van der Waals surface area contributed by atoms with E-state index in [-0.39, 0.29) is 11.6 Å². The summed E-state index contributed by atoms with van der Waals surface area (Å²) in [5.41, 5.74) is 4.52. The van der Waals surface area contributed by atoms with Gasteiger partial charge in [-0.05, 0) is 53.3 Å². The molecule has 0 bridgehead atoms. The van der Waals surface area contributed by atoms with Crippen LogP contribution in [0, 0.1) is 10.1 Å². The second-order valence-electron chi connectivity index (χ2n) is 9.25. The van der Waals surface area contributed by atoms with Crippen LogP contribution in [0.25, 0.3) is 11.1 Å². The van der Waals surface area contributed by atoms with Gasteiger partial charge in [0.2, 0.25) is 0 Å². The van der Waals surface area contributed by atoms with Gasteiger partial charge < -0.3 is 19.9 Å². The number of hydrogen-bond acceptors (Lipinski definition) is 8. The molecule has 0 aliphatic carbocycles. The molecular weight excluding hydrogens is 542 g/mol. The maximum atomic E-state index is 13.4. The minimum atomic E-state index is -0.743. The van der Waals surface area contributed by atoms with Crippen molar-refractivity contribution in [2.75, 3.05) is 24.4 Å². The van der Waals surface area contributed by atoms with Crippen molar-refractivity contribution < 1.29 is 19.2 Å². The number of nitro benzene ring substituents is 1. The second kappa shape index (κ2) is 14.1. The maximum absolute atomic E-state index is 13.4. The van der Waals surface area contributed by atoms with Crippen LogP contribution in [-0.2, 0) is 22.6 Å². The first-order valence-electron chi connectivity index (χ1n) is 12.9. The van der Waals surface area contributed by atoms with Gasteiger partial charge in [-0.1, -0.05) is 42.5 Å². The average Bonchev–Trinajstić information content (AvgIpc) is 3.44. The van der Waals surface area contributed by atoms with Gasteiger partial charge in [0.1, 0.15) is 6.04 Å². The van der Waals surface area contributed by atoms with Crippen LogP contribution in [-0.4, -0.2) is 51.5 Å². The van der Waals surface area contributed by atoms with Crippen molar-refractivity contribution in [2.45, 2.75) is 25.6 Å². The van der Waals surface area contributed by atoms with Crippen molar-refractivity contribution in [1.82, 2.24) is 14.9 Å². The molecule has 0 aliphatic heterocycles. The van der Waals surface area contributed by atoms with Crippen LogP contribution in [0.15, 0.2) is 85.3 Å². The highest BCUT2D eigenvalue weighted by atomic mass is 32.2. The summed E-state index contributed by atoms with van der Waals surface area (Å²) in [7, 11) is 1.31. The number of nitrogens with one attached hydrogen (secondary N) is 2. The van der Waals surface area contributed by atoms with Crippen molar-refractivity contribution in [3.63, 3.8) is 0 Å². The minimum absolute atomic E-state index is 0.0435. The van der Waals surface area contributed by atoms with Gasteiger partial charge in [-0.3, -0.25) is 14.9 Å². The fraction of sp³-hybridized carbons (Fsp3) is 0.233. The van der Waals surface area contributed by atoms with E-state index in [0.717, 1.165) is 22.5 Å². The molecule has 0 radical (unpaired) electrons. The molecular formula is C30H31N5O5S. The Morgan fingerprint density at radius 1 is 1.10 bits per heavy atom. The summed E-state index contributed by atoms with van der Waals surface area (Å²) in [4.78, 5) is 40.7. The topological polar surface area (TPSA) is 128 Å². The van der Waals surface area contributed by atoms with E-state index >= 15 is 0 Å². The number of nitrogens with zero attached hydrogens (tertiary/aromatic N) is 3. The fourth-order valence-electron chi connectivity index (χ4n) is 4.37. The van der Waals surface area contributed by atoms with Gasteiger partial charge in [0.05, 0.1) is 30.6 Å². The Morgan fingerprint density at radius 3 is 2.63 bits per heavy atom. The lowest BCUT2D eigenvalue weighted by Crippen LogP contribution is -2.42. The van der Waals surface area contributed by atoms with E-state index in [1.54, 1.807) is 42.5 Å². The number of aromatic nitrogens is 2. The molecule has 11 heteroatoms. The Hall–Kier alpha value is -4.64. The highest BCUT2D eigenvalue weighted by molar-refractivity contribution is 7.98. The third-order valence-corrected chi connectivity index (χ3v) is 7.14. The number of imidazole rings is 1. The van der Waals surface area contributed by atoms with Crippen LogP contribution < -0.4 is 10.6 Å². The summed E-state index contributed by atoms with van der Waals surface area (Å²) in [6.45, 7) is 0.874. The van der Waals surface area contributed by atoms with Crippen molar-refractivity contribution in [3.05, 3.63) is 112 Å². The van der Waals surface area contributed by atoms with Crippen LogP contribution in [0.1, 0.15) is 28.0 Å². The number of rotatable bonds is 13. The quantitative estimate of drug-likeness (QED) is 0.128. The Kier molecular flexibility index (Phi) is 10.1. The maximum Gasteiger partial charge on any atom is 0.328 e. The molecule has 1 aromatic heterocycles. The average molecular weight is 574 g/mol. The van der Waals surface area contributed by atoms with Crippen LogP contribution in [0.3, 0.4) is 0 Å². The number of esters is 1. The lowest BCUT2D eigenvalue weighted by Gasteiger charge is -2.18. The highest BCUT2D eigenvalue weighted by Gasteiger charge is 2.23. The third kappa shape index (κ3) is 7.73. The van der Waals surface area contributed by atoms with Gasteiger partial charge in [-0.2, -0.15) is 11.8 Å². The molecule has 41 heavy (non-hydrogen) atoms. The van der Waals surface area contributed by atoms with Crippen molar-refractivity contribution in [1.29, 1.82) is 0 Å².